The second-order valence-corrected chi connectivity index (χ2v) is 12.6. The summed E-state index contributed by atoms with van der Waals surface area (Å²) in [5.74, 6) is 6.33. The van der Waals surface area contributed by atoms with Crippen LogP contribution in [0.3, 0.4) is 0 Å². The van der Waals surface area contributed by atoms with E-state index < -0.39 is 0 Å². The van der Waals surface area contributed by atoms with Gasteiger partial charge in [-0.15, -0.1) is 0 Å². The van der Waals surface area contributed by atoms with Gasteiger partial charge in [0.1, 0.15) is 0 Å². The van der Waals surface area contributed by atoms with Gasteiger partial charge in [0.05, 0.1) is 26.2 Å². The third-order valence-corrected chi connectivity index (χ3v) is 9.92. The van der Waals surface area contributed by atoms with Crippen molar-refractivity contribution in [2.75, 3.05) is 26.2 Å². The summed E-state index contributed by atoms with van der Waals surface area (Å²) in [7, 11) is 0. The van der Waals surface area contributed by atoms with Crippen LogP contribution in [-0.4, -0.2) is 30.7 Å². The third kappa shape index (κ3) is 4.59. The first-order valence-corrected chi connectivity index (χ1v) is 12.7. The van der Waals surface area contributed by atoms with Crippen LogP contribution in [0.2, 0.25) is 0 Å². The van der Waals surface area contributed by atoms with Crippen molar-refractivity contribution in [3.05, 3.63) is 0 Å². The molecule has 0 aromatic rings. The molecule has 0 aromatic heterocycles. The predicted molar refractivity (Wildman–Crippen MR) is 117 cm³/mol. The van der Waals surface area contributed by atoms with E-state index in [2.05, 4.69) is 27.7 Å². The minimum Gasteiger partial charge on any atom is -0.324 e. The molecule has 2 aliphatic heterocycles. The van der Waals surface area contributed by atoms with E-state index in [0.29, 0.717) is 5.41 Å². The molecular formula is C26H48N+. The van der Waals surface area contributed by atoms with Crippen LogP contribution in [0.15, 0.2) is 0 Å². The highest BCUT2D eigenvalue weighted by Crippen LogP contribution is 2.50. The van der Waals surface area contributed by atoms with Gasteiger partial charge in [-0.05, 0) is 98.7 Å². The molecule has 0 aromatic carbocycles. The Morgan fingerprint density at radius 2 is 1.11 bits per heavy atom. The fourth-order valence-electron chi connectivity index (χ4n) is 7.42. The Morgan fingerprint density at radius 3 is 1.67 bits per heavy atom. The Bertz CT molecular complexity index is 467. The molecule has 1 unspecified atom stereocenters. The highest BCUT2D eigenvalue weighted by molar-refractivity contribution is 4.91. The van der Waals surface area contributed by atoms with Crippen LogP contribution in [0.1, 0.15) is 98.3 Å². The van der Waals surface area contributed by atoms with Crippen molar-refractivity contribution in [2.45, 2.75) is 98.3 Å². The van der Waals surface area contributed by atoms with Crippen molar-refractivity contribution in [2.24, 2.45) is 40.9 Å². The lowest BCUT2D eigenvalue weighted by Crippen LogP contribution is -2.55. The Morgan fingerprint density at radius 1 is 0.593 bits per heavy atom. The molecule has 27 heavy (non-hydrogen) atoms. The normalized spacial score (nSPS) is 46.7. The second kappa shape index (κ2) is 8.00. The molecule has 2 heterocycles. The number of hydrogen-bond donors (Lipinski definition) is 0. The van der Waals surface area contributed by atoms with Crippen LogP contribution in [0, 0.1) is 40.9 Å². The van der Waals surface area contributed by atoms with Crippen molar-refractivity contribution in [1.82, 2.24) is 0 Å². The van der Waals surface area contributed by atoms with Gasteiger partial charge < -0.3 is 4.48 Å². The summed E-state index contributed by atoms with van der Waals surface area (Å²) >= 11 is 0. The first kappa shape index (κ1) is 20.2. The fourth-order valence-corrected chi connectivity index (χ4v) is 7.42. The molecule has 0 amide bonds. The van der Waals surface area contributed by atoms with E-state index in [9.17, 15) is 0 Å². The quantitative estimate of drug-likeness (QED) is 0.460. The second-order valence-electron chi connectivity index (χ2n) is 12.6. The zero-order chi connectivity index (χ0) is 19.1. The Balaban J connectivity index is 1.24. The van der Waals surface area contributed by atoms with Gasteiger partial charge in [0.2, 0.25) is 0 Å². The minimum absolute atomic E-state index is 0.551. The Hall–Kier alpha value is -0.0400. The lowest BCUT2D eigenvalue weighted by molar-refractivity contribution is -0.933. The minimum atomic E-state index is 0.551. The summed E-state index contributed by atoms with van der Waals surface area (Å²) < 4.78 is 1.52. The first-order valence-electron chi connectivity index (χ1n) is 12.7. The van der Waals surface area contributed by atoms with Gasteiger partial charge in [0, 0.05) is 0 Å². The highest BCUT2D eigenvalue weighted by atomic mass is 15.4. The van der Waals surface area contributed by atoms with Crippen LogP contribution in [-0.2, 0) is 0 Å². The van der Waals surface area contributed by atoms with E-state index in [-0.39, 0.29) is 0 Å². The van der Waals surface area contributed by atoms with Crippen molar-refractivity contribution in [3.63, 3.8) is 0 Å². The van der Waals surface area contributed by atoms with Crippen LogP contribution < -0.4 is 0 Å². The van der Waals surface area contributed by atoms with E-state index in [1.807, 2.05) is 0 Å². The molecule has 2 aliphatic carbocycles. The standard InChI is InChI=1S/C26H48N/c1-20-7-9-22(10-8-20)21-6-5-14-27(15-11-21)16-12-23(13-17-27)24-18-25(19-24)26(2,3)4/h20-25H,5-19H2,1-4H3/q+1. The average molecular weight is 375 g/mol. The van der Waals surface area contributed by atoms with Crippen LogP contribution >= 0.6 is 0 Å². The molecule has 2 saturated heterocycles. The van der Waals surface area contributed by atoms with Gasteiger partial charge in [-0.3, -0.25) is 0 Å². The van der Waals surface area contributed by atoms with Crippen LogP contribution in [0.5, 0.6) is 0 Å². The predicted octanol–water partition coefficient (Wildman–Crippen LogP) is 6.91. The molecule has 4 fully saturated rings. The Labute approximate surface area is 170 Å². The van der Waals surface area contributed by atoms with Crippen molar-refractivity contribution in [3.8, 4) is 0 Å². The SMILES string of the molecule is CC1CCC(C2CCC[N+]3(CC2)CCC(C2CC(C(C)(C)C)C2)CC3)CC1. The number of rotatable bonds is 2. The number of quaternary nitrogens is 1. The highest BCUT2D eigenvalue weighted by Gasteiger charge is 2.44. The molecule has 1 heteroatoms. The van der Waals surface area contributed by atoms with Crippen LogP contribution in [0.25, 0.3) is 0 Å². The maximum Gasteiger partial charge on any atom is 0.0789 e. The summed E-state index contributed by atoms with van der Waals surface area (Å²) in [6, 6.07) is 0. The maximum atomic E-state index is 2.47. The molecular weight excluding hydrogens is 326 g/mol. The fraction of sp³-hybridized carbons (Fsp3) is 1.00. The molecule has 1 atom stereocenters. The summed E-state index contributed by atoms with van der Waals surface area (Å²) in [4.78, 5) is 0. The third-order valence-electron chi connectivity index (χ3n) is 9.92. The van der Waals surface area contributed by atoms with Gasteiger partial charge in [-0.1, -0.05) is 40.5 Å². The molecule has 1 spiro atoms. The van der Waals surface area contributed by atoms with E-state index in [1.54, 1.807) is 38.5 Å². The number of nitrogens with zero attached hydrogens (tertiary/aromatic N) is 1. The van der Waals surface area contributed by atoms with Gasteiger partial charge in [0.15, 0.2) is 0 Å². The van der Waals surface area contributed by atoms with E-state index in [4.69, 9.17) is 0 Å². The average Bonchev–Trinajstić information content (AvgIpc) is 2.78. The van der Waals surface area contributed by atoms with E-state index in [0.717, 1.165) is 35.5 Å². The van der Waals surface area contributed by atoms with Crippen molar-refractivity contribution in [1.29, 1.82) is 0 Å². The maximum absolute atomic E-state index is 2.47. The lowest BCUT2D eigenvalue weighted by Gasteiger charge is -2.51. The number of hydrogen-bond acceptors (Lipinski definition) is 0. The first-order chi connectivity index (χ1) is 12.8. The molecule has 1 nitrogen and oxygen atoms in total. The molecule has 0 radical (unpaired) electrons. The summed E-state index contributed by atoms with van der Waals surface area (Å²) in [6.07, 6.45) is 16.9. The van der Waals surface area contributed by atoms with Gasteiger partial charge in [-0.2, -0.15) is 0 Å². The zero-order valence-electron chi connectivity index (χ0n) is 19.0. The van der Waals surface area contributed by atoms with Gasteiger partial charge in [-0.25, -0.2) is 0 Å². The van der Waals surface area contributed by atoms with Crippen LogP contribution in [0.4, 0.5) is 0 Å². The smallest absolute Gasteiger partial charge is 0.0789 e. The molecule has 0 bridgehead atoms. The summed E-state index contributed by atoms with van der Waals surface area (Å²) in [5.41, 5.74) is 0.551. The summed E-state index contributed by atoms with van der Waals surface area (Å²) in [6.45, 7) is 15.9. The van der Waals surface area contributed by atoms with E-state index in [1.165, 1.54) is 62.8 Å². The summed E-state index contributed by atoms with van der Waals surface area (Å²) in [5, 5.41) is 0. The van der Waals surface area contributed by atoms with Gasteiger partial charge >= 0.3 is 0 Å². The van der Waals surface area contributed by atoms with Crippen molar-refractivity contribution >= 4 is 0 Å². The largest absolute Gasteiger partial charge is 0.324 e. The van der Waals surface area contributed by atoms with Gasteiger partial charge in [0.25, 0.3) is 0 Å². The zero-order valence-corrected chi connectivity index (χ0v) is 19.0. The molecule has 156 valence electrons. The molecule has 4 rings (SSSR count). The van der Waals surface area contributed by atoms with E-state index >= 15 is 0 Å². The topological polar surface area (TPSA) is 0 Å². The number of piperidine rings is 1. The molecule has 4 aliphatic rings. The van der Waals surface area contributed by atoms with Crippen molar-refractivity contribution < 1.29 is 4.48 Å². The Kier molecular flexibility index (Phi) is 6.00. The molecule has 0 N–H and O–H groups in total. The molecule has 2 saturated carbocycles. The monoisotopic (exact) mass is 374 g/mol. The lowest BCUT2D eigenvalue weighted by atomic mass is 9.58.